The van der Waals surface area contributed by atoms with Crippen LogP contribution in [0.1, 0.15) is 21.6 Å². The quantitative estimate of drug-likeness (QED) is 0.555. The second kappa shape index (κ2) is 6.90. The average molecular weight is 405 g/mol. The Morgan fingerprint density at radius 3 is 2.62 bits per heavy atom. The molecule has 0 saturated heterocycles. The van der Waals surface area contributed by atoms with Crippen LogP contribution in [0.5, 0.6) is 0 Å². The molecule has 0 atom stereocenters. The van der Waals surface area contributed by atoms with E-state index in [4.69, 9.17) is 11.6 Å². The Morgan fingerprint density at radius 2 is 1.83 bits per heavy atom. The number of halogens is 1. The number of hydrogen-bond donors (Lipinski definition) is 1. The zero-order chi connectivity index (χ0) is 20.0. The summed E-state index contributed by atoms with van der Waals surface area (Å²) < 4.78 is 1.45. The molecule has 2 aromatic carbocycles. The highest BCUT2D eigenvalue weighted by atomic mass is 35.5. The summed E-state index contributed by atoms with van der Waals surface area (Å²) in [5, 5.41) is 3.70. The third kappa shape index (κ3) is 3.02. The lowest BCUT2D eigenvalue weighted by Gasteiger charge is -2.27. The van der Waals surface area contributed by atoms with Crippen molar-refractivity contribution in [3.05, 3.63) is 92.9 Å². The molecule has 0 unspecified atom stereocenters. The molecule has 1 amide bonds. The van der Waals surface area contributed by atoms with Gasteiger partial charge in [0.25, 0.3) is 11.5 Å². The molecular formula is C22H17ClN4O2. The lowest BCUT2D eigenvalue weighted by Crippen LogP contribution is -2.39. The molecule has 0 fully saturated rings. The summed E-state index contributed by atoms with van der Waals surface area (Å²) in [7, 11) is 0. The van der Waals surface area contributed by atoms with Gasteiger partial charge in [-0.2, -0.15) is 0 Å². The van der Waals surface area contributed by atoms with E-state index in [0.717, 1.165) is 11.3 Å². The van der Waals surface area contributed by atoms with Gasteiger partial charge in [0.05, 0.1) is 17.9 Å². The van der Waals surface area contributed by atoms with Crippen molar-refractivity contribution in [1.29, 1.82) is 0 Å². The SMILES string of the molecule is O=C(c1ccccc1)N1CCc2c(nc3cc(-c4ccccc4Cl)[nH]n3c2=O)C1. The number of nitrogens with one attached hydrogen (secondary N) is 1. The van der Waals surface area contributed by atoms with Gasteiger partial charge in [-0.15, -0.1) is 0 Å². The van der Waals surface area contributed by atoms with Gasteiger partial charge in [0.2, 0.25) is 0 Å². The fourth-order valence-corrected chi connectivity index (χ4v) is 3.99. The molecule has 0 spiro atoms. The minimum Gasteiger partial charge on any atom is -0.332 e. The Kier molecular flexibility index (Phi) is 4.21. The fourth-order valence-electron chi connectivity index (χ4n) is 3.75. The van der Waals surface area contributed by atoms with E-state index < -0.39 is 0 Å². The van der Waals surface area contributed by atoms with Crippen LogP contribution in [0.4, 0.5) is 0 Å². The zero-order valence-corrected chi connectivity index (χ0v) is 16.2. The standard InChI is InChI=1S/C22H17ClN4O2/c23-17-9-5-4-8-15(17)18-12-20-24-19-13-26(21(28)14-6-2-1-3-7-14)11-10-16(19)22(29)27(20)25-18/h1-9,12,25H,10-11,13H2. The first-order valence-electron chi connectivity index (χ1n) is 9.34. The normalized spacial score (nSPS) is 13.5. The number of benzene rings is 2. The van der Waals surface area contributed by atoms with Crippen LogP contribution in [0.25, 0.3) is 16.9 Å². The van der Waals surface area contributed by atoms with Crippen molar-refractivity contribution in [2.24, 2.45) is 0 Å². The van der Waals surface area contributed by atoms with E-state index in [1.807, 2.05) is 36.4 Å². The maximum atomic E-state index is 13.0. The van der Waals surface area contributed by atoms with Crippen molar-refractivity contribution in [2.75, 3.05) is 6.54 Å². The van der Waals surface area contributed by atoms with Gasteiger partial charge in [-0.1, -0.05) is 48.0 Å². The van der Waals surface area contributed by atoms with Crippen LogP contribution in [-0.4, -0.2) is 31.9 Å². The van der Waals surface area contributed by atoms with Gasteiger partial charge in [0.15, 0.2) is 5.65 Å². The molecular weight excluding hydrogens is 388 g/mol. The molecule has 6 nitrogen and oxygen atoms in total. The molecule has 4 aromatic rings. The van der Waals surface area contributed by atoms with Crippen LogP contribution in [0, 0.1) is 0 Å². The van der Waals surface area contributed by atoms with Crippen LogP contribution < -0.4 is 5.56 Å². The van der Waals surface area contributed by atoms with Gasteiger partial charge in [0.1, 0.15) is 0 Å². The number of aromatic nitrogens is 3. The molecule has 0 bridgehead atoms. The van der Waals surface area contributed by atoms with Gasteiger partial charge < -0.3 is 4.90 Å². The number of H-pyrrole nitrogens is 1. The average Bonchev–Trinajstić information content (AvgIpc) is 3.18. The van der Waals surface area contributed by atoms with Crippen LogP contribution in [0.15, 0.2) is 65.5 Å². The van der Waals surface area contributed by atoms with Crippen molar-refractivity contribution < 1.29 is 4.79 Å². The Morgan fingerprint density at radius 1 is 1.07 bits per heavy atom. The lowest BCUT2D eigenvalue weighted by atomic mass is 10.1. The van der Waals surface area contributed by atoms with E-state index in [2.05, 4.69) is 10.1 Å². The van der Waals surface area contributed by atoms with Gasteiger partial charge in [0, 0.05) is 34.3 Å². The lowest BCUT2D eigenvalue weighted by molar-refractivity contribution is 0.0731. The third-order valence-corrected chi connectivity index (χ3v) is 5.57. The number of aromatic amines is 1. The Labute approximate surface area is 171 Å². The van der Waals surface area contributed by atoms with Gasteiger partial charge in [-0.3, -0.25) is 14.7 Å². The molecule has 1 aliphatic rings. The van der Waals surface area contributed by atoms with E-state index in [0.29, 0.717) is 47.0 Å². The minimum atomic E-state index is -0.130. The first-order valence-corrected chi connectivity index (χ1v) is 9.72. The second-order valence-electron chi connectivity index (χ2n) is 7.03. The van der Waals surface area contributed by atoms with Crippen molar-refractivity contribution in [2.45, 2.75) is 13.0 Å². The summed E-state index contributed by atoms with van der Waals surface area (Å²) in [4.78, 5) is 32.2. The highest BCUT2D eigenvalue weighted by Crippen LogP contribution is 2.27. The Balaban J connectivity index is 1.54. The molecule has 0 radical (unpaired) electrons. The van der Waals surface area contributed by atoms with E-state index >= 15 is 0 Å². The summed E-state index contributed by atoms with van der Waals surface area (Å²) >= 11 is 6.29. The van der Waals surface area contributed by atoms with Gasteiger partial charge in [-0.25, -0.2) is 9.50 Å². The van der Waals surface area contributed by atoms with Crippen LogP contribution in [-0.2, 0) is 13.0 Å². The Hall–Kier alpha value is -3.38. The van der Waals surface area contributed by atoms with E-state index in [1.165, 1.54) is 4.52 Å². The molecule has 0 saturated carbocycles. The van der Waals surface area contributed by atoms with Gasteiger partial charge >= 0.3 is 0 Å². The third-order valence-electron chi connectivity index (χ3n) is 5.24. The molecule has 1 N–H and O–H groups in total. The first kappa shape index (κ1) is 17.7. The Bertz CT molecular complexity index is 1290. The number of carbonyl (C=O) groups is 1. The smallest absolute Gasteiger partial charge is 0.276 e. The second-order valence-corrected chi connectivity index (χ2v) is 7.44. The molecule has 0 aliphatic carbocycles. The summed E-state index contributed by atoms with van der Waals surface area (Å²) in [6.07, 6.45) is 0.475. The maximum absolute atomic E-state index is 13.0. The summed E-state index contributed by atoms with van der Waals surface area (Å²) in [5.41, 5.74) is 3.84. The molecule has 2 aromatic heterocycles. The highest BCUT2D eigenvalue weighted by Gasteiger charge is 2.26. The minimum absolute atomic E-state index is 0.0518. The van der Waals surface area contributed by atoms with Gasteiger partial charge in [-0.05, 0) is 24.6 Å². The van der Waals surface area contributed by atoms with E-state index in [1.54, 1.807) is 29.2 Å². The van der Waals surface area contributed by atoms with Crippen LogP contribution in [0.3, 0.4) is 0 Å². The van der Waals surface area contributed by atoms with E-state index in [-0.39, 0.29) is 11.5 Å². The summed E-state index contributed by atoms with van der Waals surface area (Å²) in [6.45, 7) is 0.809. The number of fused-ring (bicyclic) bond motifs is 2. The summed E-state index contributed by atoms with van der Waals surface area (Å²) in [5.74, 6) is -0.0518. The number of nitrogens with zero attached hydrogens (tertiary/aromatic N) is 3. The molecule has 1 aliphatic heterocycles. The maximum Gasteiger partial charge on any atom is 0.276 e. The molecule has 5 rings (SSSR count). The number of carbonyl (C=O) groups excluding carboxylic acids is 1. The monoisotopic (exact) mass is 404 g/mol. The topological polar surface area (TPSA) is 70.5 Å². The number of hydrogen-bond acceptors (Lipinski definition) is 3. The molecule has 3 heterocycles. The molecule has 29 heavy (non-hydrogen) atoms. The van der Waals surface area contributed by atoms with Crippen molar-refractivity contribution >= 4 is 23.2 Å². The van der Waals surface area contributed by atoms with Crippen LogP contribution in [0.2, 0.25) is 5.02 Å². The molecule has 144 valence electrons. The number of rotatable bonds is 2. The zero-order valence-electron chi connectivity index (χ0n) is 15.4. The predicted molar refractivity (Wildman–Crippen MR) is 111 cm³/mol. The first-order chi connectivity index (χ1) is 14.1. The van der Waals surface area contributed by atoms with Crippen molar-refractivity contribution in [3.8, 4) is 11.3 Å². The largest absolute Gasteiger partial charge is 0.332 e. The van der Waals surface area contributed by atoms with E-state index in [9.17, 15) is 9.59 Å². The van der Waals surface area contributed by atoms with Crippen LogP contribution >= 0.6 is 11.6 Å². The fraction of sp³-hybridized carbons (Fsp3) is 0.136. The predicted octanol–water partition coefficient (Wildman–Crippen LogP) is 3.54. The highest BCUT2D eigenvalue weighted by molar-refractivity contribution is 6.33. The molecule has 7 heteroatoms. The summed E-state index contributed by atoms with van der Waals surface area (Å²) in [6, 6.07) is 18.4. The van der Waals surface area contributed by atoms with Crippen molar-refractivity contribution in [1.82, 2.24) is 19.5 Å². The van der Waals surface area contributed by atoms with Crippen molar-refractivity contribution in [3.63, 3.8) is 0 Å². The number of amides is 1.